The number of ether oxygens (including phenoxy) is 3. The van der Waals surface area contributed by atoms with Crippen molar-refractivity contribution in [1.29, 1.82) is 0 Å². The molecule has 6 nitrogen and oxygen atoms in total. The molecule has 19 heavy (non-hydrogen) atoms. The van der Waals surface area contributed by atoms with E-state index in [0.29, 0.717) is 25.4 Å². The summed E-state index contributed by atoms with van der Waals surface area (Å²) in [5.41, 5.74) is -0.0150. The number of carbonyl (C=O) groups is 2. The Morgan fingerprint density at radius 3 is 2.79 bits per heavy atom. The molecule has 1 fully saturated rings. The molecule has 0 aromatic heterocycles. The van der Waals surface area contributed by atoms with E-state index in [1.165, 1.54) is 13.2 Å². The number of rotatable bonds is 5. The fourth-order valence-electron chi connectivity index (χ4n) is 1.86. The zero-order valence-electron chi connectivity index (χ0n) is 10.4. The number of aliphatic carboxylic acids is 1. The molecule has 1 saturated heterocycles. The molecule has 102 valence electrons. The Hall–Kier alpha value is -2.08. The summed E-state index contributed by atoms with van der Waals surface area (Å²) in [6.07, 6.45) is 0.496. The molecule has 2 rings (SSSR count). The van der Waals surface area contributed by atoms with E-state index in [0.717, 1.165) is 0 Å². The number of hydrogen-bond donors (Lipinski definition) is 1. The van der Waals surface area contributed by atoms with Crippen LogP contribution < -0.4 is 9.47 Å². The molecular weight excluding hydrogens is 252 g/mol. The average Bonchev–Trinajstić information content (AvgIpc) is 2.91. The molecular formula is C13H14O6. The van der Waals surface area contributed by atoms with Crippen LogP contribution in [0.5, 0.6) is 11.5 Å². The molecule has 0 amide bonds. The molecule has 1 aliphatic rings. The summed E-state index contributed by atoms with van der Waals surface area (Å²) in [6, 6.07) is 4.57. The van der Waals surface area contributed by atoms with Crippen molar-refractivity contribution in [2.24, 2.45) is 0 Å². The zero-order chi connectivity index (χ0) is 13.8. The molecule has 0 spiro atoms. The van der Waals surface area contributed by atoms with E-state index in [9.17, 15) is 9.59 Å². The third-order valence-electron chi connectivity index (χ3n) is 2.81. The van der Waals surface area contributed by atoms with Crippen LogP contribution in [-0.4, -0.2) is 43.3 Å². The molecule has 0 aliphatic carbocycles. The van der Waals surface area contributed by atoms with Crippen LogP contribution in [0.25, 0.3) is 0 Å². The number of hydrogen-bond acceptors (Lipinski definition) is 5. The van der Waals surface area contributed by atoms with Crippen LogP contribution >= 0.6 is 0 Å². The number of methoxy groups -OCH3 is 1. The standard InChI is InChI=1S/C13H14O6/c1-17-10-4-2-3-9(11(14)13(15)16)12(10)19-8-5-6-18-7-8/h2-4,8H,5-7H2,1H3,(H,15,16). The van der Waals surface area contributed by atoms with Gasteiger partial charge in [-0.05, 0) is 12.1 Å². The third kappa shape index (κ3) is 2.85. The van der Waals surface area contributed by atoms with Gasteiger partial charge in [-0.3, -0.25) is 4.79 Å². The maximum atomic E-state index is 11.6. The summed E-state index contributed by atoms with van der Waals surface area (Å²) in [5, 5.41) is 8.81. The van der Waals surface area contributed by atoms with Crippen molar-refractivity contribution in [2.75, 3.05) is 20.3 Å². The fraction of sp³-hybridized carbons (Fsp3) is 0.385. The van der Waals surface area contributed by atoms with E-state index in [1.54, 1.807) is 12.1 Å². The lowest BCUT2D eigenvalue weighted by Crippen LogP contribution is -2.20. The van der Waals surface area contributed by atoms with Crippen molar-refractivity contribution in [3.8, 4) is 11.5 Å². The predicted octanol–water partition coefficient (Wildman–Crippen LogP) is 1.13. The van der Waals surface area contributed by atoms with E-state index >= 15 is 0 Å². The van der Waals surface area contributed by atoms with E-state index in [-0.39, 0.29) is 17.4 Å². The Balaban J connectivity index is 2.36. The van der Waals surface area contributed by atoms with E-state index < -0.39 is 11.8 Å². The van der Waals surface area contributed by atoms with Gasteiger partial charge in [-0.2, -0.15) is 0 Å². The molecule has 0 radical (unpaired) electrons. The van der Waals surface area contributed by atoms with E-state index in [1.807, 2.05) is 0 Å². The zero-order valence-corrected chi connectivity index (χ0v) is 10.4. The molecule has 1 aliphatic heterocycles. The van der Waals surface area contributed by atoms with Crippen molar-refractivity contribution in [1.82, 2.24) is 0 Å². The number of carboxylic acid groups (broad SMARTS) is 1. The molecule has 6 heteroatoms. The van der Waals surface area contributed by atoms with Gasteiger partial charge in [-0.15, -0.1) is 0 Å². The Kier molecular flexibility index (Phi) is 4.01. The second-order valence-electron chi connectivity index (χ2n) is 4.07. The lowest BCUT2D eigenvalue weighted by atomic mass is 10.1. The molecule has 1 aromatic carbocycles. The first kappa shape index (κ1) is 13.4. The Morgan fingerprint density at radius 2 is 2.21 bits per heavy atom. The van der Waals surface area contributed by atoms with Gasteiger partial charge in [-0.25, -0.2) is 4.79 Å². The highest BCUT2D eigenvalue weighted by molar-refractivity contribution is 6.40. The van der Waals surface area contributed by atoms with Crippen LogP contribution in [0.15, 0.2) is 18.2 Å². The van der Waals surface area contributed by atoms with Crippen LogP contribution in [0.2, 0.25) is 0 Å². The van der Waals surface area contributed by atoms with Gasteiger partial charge in [0.15, 0.2) is 11.5 Å². The van der Waals surface area contributed by atoms with Gasteiger partial charge in [0.05, 0.1) is 25.9 Å². The number of Topliss-reactive ketones (excluding diaryl/α,β-unsaturated/α-hetero) is 1. The van der Waals surface area contributed by atoms with Gasteiger partial charge in [0.1, 0.15) is 6.10 Å². The second kappa shape index (κ2) is 5.71. The number of ketones is 1. The van der Waals surface area contributed by atoms with Crippen molar-refractivity contribution < 1.29 is 28.9 Å². The Bertz CT molecular complexity index is 490. The van der Waals surface area contributed by atoms with E-state index in [2.05, 4.69) is 0 Å². The van der Waals surface area contributed by atoms with Gasteiger partial charge < -0.3 is 19.3 Å². The minimum atomic E-state index is -1.53. The fourth-order valence-corrected chi connectivity index (χ4v) is 1.86. The largest absolute Gasteiger partial charge is 0.493 e. The normalized spacial score (nSPS) is 18.1. The second-order valence-corrected chi connectivity index (χ2v) is 4.07. The van der Waals surface area contributed by atoms with Crippen molar-refractivity contribution >= 4 is 11.8 Å². The third-order valence-corrected chi connectivity index (χ3v) is 2.81. The lowest BCUT2D eigenvalue weighted by Gasteiger charge is -2.17. The first-order valence-electron chi connectivity index (χ1n) is 5.82. The lowest BCUT2D eigenvalue weighted by molar-refractivity contribution is -0.131. The first-order valence-corrected chi connectivity index (χ1v) is 5.82. The summed E-state index contributed by atoms with van der Waals surface area (Å²) in [5.74, 6) is -2.06. The highest BCUT2D eigenvalue weighted by atomic mass is 16.6. The molecule has 1 atom stereocenters. The summed E-state index contributed by atoms with van der Waals surface area (Å²) in [6.45, 7) is 1.00. The molecule has 1 unspecified atom stereocenters. The molecule has 1 heterocycles. The minimum absolute atomic E-state index is 0.0150. The molecule has 1 N–H and O–H groups in total. The van der Waals surface area contributed by atoms with E-state index in [4.69, 9.17) is 19.3 Å². The van der Waals surface area contributed by atoms with Gasteiger partial charge >= 0.3 is 5.97 Å². The summed E-state index contributed by atoms with van der Waals surface area (Å²) in [4.78, 5) is 22.5. The number of carboxylic acids is 1. The number of para-hydroxylation sites is 1. The van der Waals surface area contributed by atoms with Crippen molar-refractivity contribution in [2.45, 2.75) is 12.5 Å². The molecule has 0 saturated carbocycles. The van der Waals surface area contributed by atoms with Crippen LogP contribution in [0.4, 0.5) is 0 Å². The van der Waals surface area contributed by atoms with Gasteiger partial charge in [0.2, 0.25) is 0 Å². The maximum absolute atomic E-state index is 11.6. The number of carbonyl (C=O) groups excluding carboxylic acids is 1. The quantitative estimate of drug-likeness (QED) is 0.635. The Morgan fingerprint density at radius 1 is 1.42 bits per heavy atom. The van der Waals surface area contributed by atoms with Crippen molar-refractivity contribution in [3.63, 3.8) is 0 Å². The van der Waals surface area contributed by atoms with Crippen LogP contribution in [0.3, 0.4) is 0 Å². The summed E-state index contributed by atoms with van der Waals surface area (Å²) in [7, 11) is 1.43. The van der Waals surface area contributed by atoms with Gasteiger partial charge in [0.25, 0.3) is 5.78 Å². The monoisotopic (exact) mass is 266 g/mol. The molecule has 1 aromatic rings. The predicted molar refractivity (Wildman–Crippen MR) is 64.8 cm³/mol. The maximum Gasteiger partial charge on any atom is 0.377 e. The van der Waals surface area contributed by atoms with Gasteiger partial charge in [0, 0.05) is 6.42 Å². The number of benzene rings is 1. The first-order chi connectivity index (χ1) is 9.13. The highest BCUT2D eigenvalue weighted by Gasteiger charge is 2.26. The summed E-state index contributed by atoms with van der Waals surface area (Å²) >= 11 is 0. The van der Waals surface area contributed by atoms with Gasteiger partial charge in [-0.1, -0.05) is 6.07 Å². The Labute approximate surface area is 109 Å². The van der Waals surface area contributed by atoms with Crippen LogP contribution in [0, 0.1) is 0 Å². The topological polar surface area (TPSA) is 82.1 Å². The molecule has 0 bridgehead atoms. The van der Waals surface area contributed by atoms with Crippen LogP contribution in [-0.2, 0) is 9.53 Å². The smallest absolute Gasteiger partial charge is 0.377 e. The summed E-state index contributed by atoms with van der Waals surface area (Å²) < 4.78 is 16.0. The average molecular weight is 266 g/mol. The minimum Gasteiger partial charge on any atom is -0.493 e. The van der Waals surface area contributed by atoms with Crippen molar-refractivity contribution in [3.05, 3.63) is 23.8 Å². The highest BCUT2D eigenvalue weighted by Crippen LogP contribution is 2.33. The SMILES string of the molecule is COc1cccc(C(=O)C(=O)O)c1OC1CCOC1. The van der Waals surface area contributed by atoms with Crippen LogP contribution in [0.1, 0.15) is 16.8 Å².